The lowest BCUT2D eigenvalue weighted by Crippen LogP contribution is -2.76. The van der Waals surface area contributed by atoms with Crippen LogP contribution in [0.1, 0.15) is 42.5 Å². The Morgan fingerprint density at radius 2 is 1.97 bits per heavy atom. The maximum atomic E-state index is 15.4. The number of anilines is 1. The molecule has 0 radical (unpaired) electrons. The summed E-state index contributed by atoms with van der Waals surface area (Å²) >= 11 is 1.00. The van der Waals surface area contributed by atoms with Crippen molar-refractivity contribution in [3.8, 4) is 6.07 Å². The van der Waals surface area contributed by atoms with Gasteiger partial charge in [0.2, 0.25) is 5.91 Å². The average Bonchev–Trinajstić information content (AvgIpc) is 3.55. The number of amides is 1. The largest absolute Gasteiger partial charge is 0.393 e. The first kappa shape index (κ1) is 24.6. The quantitative estimate of drug-likeness (QED) is 0.561. The van der Waals surface area contributed by atoms with E-state index in [1.807, 2.05) is 9.80 Å². The Hall–Kier alpha value is -2.45. The second kappa shape index (κ2) is 8.52. The van der Waals surface area contributed by atoms with Crippen molar-refractivity contribution in [1.82, 2.24) is 15.2 Å². The van der Waals surface area contributed by atoms with E-state index >= 15 is 4.39 Å². The van der Waals surface area contributed by atoms with Crippen LogP contribution in [-0.2, 0) is 11.2 Å². The van der Waals surface area contributed by atoms with Crippen molar-refractivity contribution in [2.24, 2.45) is 23.2 Å². The van der Waals surface area contributed by atoms with Gasteiger partial charge in [0.05, 0.1) is 23.7 Å². The fraction of sp³-hybridized carbons (Fsp3) is 0.667. The first-order chi connectivity index (χ1) is 18.1. The van der Waals surface area contributed by atoms with Gasteiger partial charge in [0.1, 0.15) is 17.1 Å². The zero-order valence-electron chi connectivity index (χ0n) is 20.8. The molecule has 6 aliphatic rings. The zero-order valence-corrected chi connectivity index (χ0v) is 21.6. The van der Waals surface area contributed by atoms with Gasteiger partial charge in [-0.15, -0.1) is 11.3 Å². The standard InChI is InChI=1S/C27H29F4N5OS/c28-21-17-3-4-20(18(21)5-14-1-2-14)34-22(17)25(37)36-12-26(13-36)10-35(11-26)23-15(8-32)9-33-24-19(23)6-16(38-24)7-27(29,30)31/h6,9,14,17-18,20-22,34H,1-5,7,10-13H2/t17-,18-,20+,21-,22+/m1/s1. The minimum Gasteiger partial charge on any atom is -0.368 e. The van der Waals surface area contributed by atoms with Crippen LogP contribution >= 0.6 is 11.3 Å². The molecule has 2 aliphatic carbocycles. The fourth-order valence-corrected chi connectivity index (χ4v) is 8.49. The summed E-state index contributed by atoms with van der Waals surface area (Å²) in [5.41, 5.74) is 0.874. The third kappa shape index (κ3) is 4.06. The Labute approximate surface area is 222 Å². The van der Waals surface area contributed by atoms with Crippen LogP contribution in [0.2, 0.25) is 0 Å². The number of rotatable bonds is 5. The summed E-state index contributed by atoms with van der Waals surface area (Å²) in [6, 6.07) is 3.28. The molecule has 1 spiro atoms. The molecule has 5 atom stereocenters. The zero-order chi connectivity index (χ0) is 26.4. The predicted molar refractivity (Wildman–Crippen MR) is 134 cm³/mol. The van der Waals surface area contributed by atoms with Gasteiger partial charge in [0.25, 0.3) is 0 Å². The van der Waals surface area contributed by atoms with E-state index in [4.69, 9.17) is 0 Å². The minimum atomic E-state index is -4.31. The predicted octanol–water partition coefficient (Wildman–Crippen LogP) is 4.43. The number of carbonyl (C=O) groups excluding carboxylic acids is 1. The van der Waals surface area contributed by atoms with Gasteiger partial charge in [-0.2, -0.15) is 18.4 Å². The molecule has 202 valence electrons. The van der Waals surface area contributed by atoms with Crippen LogP contribution in [-0.4, -0.2) is 66.4 Å². The molecule has 6 nitrogen and oxygen atoms in total. The lowest BCUT2D eigenvalue weighted by atomic mass is 9.66. The summed E-state index contributed by atoms with van der Waals surface area (Å²) in [6.07, 6.45) is 0.244. The number of nitrogens with zero attached hydrogens (tertiary/aromatic N) is 4. The Bertz CT molecular complexity index is 1320. The van der Waals surface area contributed by atoms with Crippen LogP contribution in [0.25, 0.3) is 10.2 Å². The van der Waals surface area contributed by atoms with Crippen LogP contribution in [0.3, 0.4) is 0 Å². The lowest BCUT2D eigenvalue weighted by Gasteiger charge is -2.62. The van der Waals surface area contributed by atoms with Gasteiger partial charge < -0.3 is 15.1 Å². The molecule has 2 aromatic heterocycles. The van der Waals surface area contributed by atoms with Crippen LogP contribution < -0.4 is 10.2 Å². The van der Waals surface area contributed by atoms with E-state index in [1.54, 1.807) is 0 Å². The number of nitrogens with one attached hydrogen (secondary N) is 1. The van der Waals surface area contributed by atoms with Crippen molar-refractivity contribution < 1.29 is 22.4 Å². The third-order valence-electron chi connectivity index (χ3n) is 9.35. The van der Waals surface area contributed by atoms with Gasteiger partial charge in [-0.3, -0.25) is 4.79 Å². The smallest absolute Gasteiger partial charge is 0.368 e. The maximum Gasteiger partial charge on any atom is 0.393 e. The van der Waals surface area contributed by atoms with Gasteiger partial charge in [-0.1, -0.05) is 12.8 Å². The third-order valence-corrected chi connectivity index (χ3v) is 10.4. The molecule has 1 N–H and O–H groups in total. The number of halogens is 4. The summed E-state index contributed by atoms with van der Waals surface area (Å²) in [6.45, 7) is 2.40. The Morgan fingerprint density at radius 1 is 1.21 bits per heavy atom. The molecule has 0 aromatic carbocycles. The van der Waals surface area contributed by atoms with Gasteiger partial charge in [0.15, 0.2) is 0 Å². The van der Waals surface area contributed by atoms with E-state index in [2.05, 4.69) is 16.4 Å². The number of likely N-dealkylation sites (tertiary alicyclic amines) is 1. The summed E-state index contributed by atoms with van der Waals surface area (Å²) < 4.78 is 54.2. The molecule has 38 heavy (non-hydrogen) atoms. The number of fused-ring (bicyclic) bond motifs is 4. The summed E-state index contributed by atoms with van der Waals surface area (Å²) in [4.78, 5) is 22.1. The van der Waals surface area contributed by atoms with E-state index in [1.165, 1.54) is 25.1 Å². The Balaban J connectivity index is 1.02. The number of alkyl halides is 4. The number of nitriles is 1. The van der Waals surface area contributed by atoms with Crippen molar-refractivity contribution >= 4 is 33.1 Å². The van der Waals surface area contributed by atoms with E-state index in [9.17, 15) is 23.2 Å². The van der Waals surface area contributed by atoms with Gasteiger partial charge in [0, 0.05) is 65.9 Å². The average molecular weight is 548 g/mol. The molecule has 6 heterocycles. The summed E-state index contributed by atoms with van der Waals surface area (Å²) in [7, 11) is 0. The molecule has 8 rings (SSSR count). The van der Waals surface area contributed by atoms with E-state index in [0.29, 0.717) is 53.6 Å². The number of pyridine rings is 1. The highest BCUT2D eigenvalue weighted by molar-refractivity contribution is 7.18. The van der Waals surface area contributed by atoms with Crippen molar-refractivity contribution in [2.75, 3.05) is 31.1 Å². The summed E-state index contributed by atoms with van der Waals surface area (Å²) in [5, 5.41) is 13.7. The van der Waals surface area contributed by atoms with E-state index < -0.39 is 24.8 Å². The Kier molecular flexibility index (Phi) is 5.51. The molecule has 6 fully saturated rings. The highest BCUT2D eigenvalue weighted by Crippen LogP contribution is 2.49. The highest BCUT2D eigenvalue weighted by Gasteiger charge is 2.58. The van der Waals surface area contributed by atoms with Crippen molar-refractivity contribution in [3.05, 3.63) is 22.7 Å². The van der Waals surface area contributed by atoms with Gasteiger partial charge in [-0.05, 0) is 31.2 Å². The van der Waals surface area contributed by atoms with Crippen LogP contribution in [0.15, 0.2) is 12.3 Å². The van der Waals surface area contributed by atoms with Crippen molar-refractivity contribution in [1.29, 1.82) is 5.26 Å². The highest BCUT2D eigenvalue weighted by atomic mass is 32.1. The first-order valence-corrected chi connectivity index (χ1v) is 14.3. The molecular formula is C27H29F4N5OS. The fourth-order valence-electron chi connectivity index (χ4n) is 7.45. The first-order valence-electron chi connectivity index (χ1n) is 13.5. The summed E-state index contributed by atoms with van der Waals surface area (Å²) in [5.74, 6) is 0.445. The number of thiophene rings is 1. The second-order valence-corrected chi connectivity index (χ2v) is 13.3. The molecular weight excluding hydrogens is 518 g/mol. The van der Waals surface area contributed by atoms with E-state index in [-0.39, 0.29) is 34.1 Å². The molecule has 2 aromatic rings. The number of piperidine rings is 2. The minimum absolute atomic E-state index is 0.00469. The maximum absolute atomic E-state index is 15.4. The van der Waals surface area contributed by atoms with Crippen LogP contribution in [0.5, 0.6) is 0 Å². The molecule has 4 aliphatic heterocycles. The molecule has 1 amide bonds. The van der Waals surface area contributed by atoms with Gasteiger partial charge in [-0.25, -0.2) is 9.37 Å². The van der Waals surface area contributed by atoms with Crippen LogP contribution in [0, 0.1) is 34.5 Å². The lowest BCUT2D eigenvalue weighted by molar-refractivity contribution is -0.155. The van der Waals surface area contributed by atoms with E-state index in [0.717, 1.165) is 30.6 Å². The SMILES string of the molecule is N#Cc1cnc2sc(CC(F)(F)F)cc2c1N1CC2(CN(C(=O)[C@H]3N[C@H]4CC[C@@H]3[C@@H](F)[C@@H]4CC3CC3)C2)C1. The van der Waals surface area contributed by atoms with Gasteiger partial charge >= 0.3 is 6.18 Å². The molecule has 11 heteroatoms. The number of carbonyl (C=O) groups is 1. The van der Waals surface area contributed by atoms with Crippen LogP contribution in [0.4, 0.5) is 23.2 Å². The normalized spacial score (nSPS) is 31.8. The molecule has 2 saturated carbocycles. The van der Waals surface area contributed by atoms with Crippen molar-refractivity contribution in [2.45, 2.75) is 63.0 Å². The number of hydrogen-bond donors (Lipinski definition) is 1. The topological polar surface area (TPSA) is 72.3 Å². The monoisotopic (exact) mass is 547 g/mol. The number of hydrogen-bond acceptors (Lipinski definition) is 6. The molecule has 2 bridgehead atoms. The second-order valence-electron chi connectivity index (χ2n) is 12.2. The van der Waals surface area contributed by atoms with Crippen molar-refractivity contribution in [3.63, 3.8) is 0 Å². The molecule has 0 unspecified atom stereocenters. The number of aromatic nitrogens is 1. The Morgan fingerprint density at radius 3 is 2.63 bits per heavy atom. The molecule has 4 saturated heterocycles.